The van der Waals surface area contributed by atoms with Crippen LogP contribution in [0.4, 0.5) is 0 Å². The minimum atomic E-state index is 0.792. The maximum Gasteiger partial charge on any atom is 0.118 e. The van der Waals surface area contributed by atoms with Gasteiger partial charge in [0.25, 0.3) is 0 Å². The van der Waals surface area contributed by atoms with Crippen LogP contribution in [-0.2, 0) is 6.42 Å². The third-order valence-corrected chi connectivity index (χ3v) is 5.46. The van der Waals surface area contributed by atoms with Crippen LogP contribution in [0, 0.1) is 0 Å². The van der Waals surface area contributed by atoms with E-state index < -0.39 is 0 Å². The lowest BCUT2D eigenvalue weighted by Crippen LogP contribution is -1.87. The van der Waals surface area contributed by atoms with Gasteiger partial charge in [-0.2, -0.15) is 0 Å². The summed E-state index contributed by atoms with van der Waals surface area (Å²) in [4.78, 5) is 9.43. The Labute approximate surface area is 142 Å². The van der Waals surface area contributed by atoms with Crippen molar-refractivity contribution in [3.05, 3.63) is 63.9 Å². The van der Waals surface area contributed by atoms with Crippen molar-refractivity contribution in [3.8, 4) is 17.0 Å². The Bertz CT molecular complexity index is 908. The van der Waals surface area contributed by atoms with Gasteiger partial charge in [-0.05, 0) is 36.4 Å². The molecule has 2 aromatic carbocycles. The second-order valence-electron chi connectivity index (χ2n) is 5.11. The molecule has 0 saturated carbocycles. The van der Waals surface area contributed by atoms with Crippen LogP contribution in [0.15, 0.2) is 53.9 Å². The number of nitrogens with zero attached hydrogens (tertiary/aromatic N) is 2. The summed E-state index contributed by atoms with van der Waals surface area (Å²) in [6.45, 7) is 0. The maximum absolute atomic E-state index is 5.19. The molecule has 5 heteroatoms. The van der Waals surface area contributed by atoms with Crippen LogP contribution in [0.5, 0.6) is 5.75 Å². The van der Waals surface area contributed by atoms with Crippen LogP contribution in [0.1, 0.15) is 10.0 Å². The smallest absolute Gasteiger partial charge is 0.118 e. The van der Waals surface area contributed by atoms with Gasteiger partial charge >= 0.3 is 0 Å². The fraction of sp³-hybridized carbons (Fsp3) is 0.111. The summed E-state index contributed by atoms with van der Waals surface area (Å²) in [5.74, 6) is 0.860. The molecule has 3 nitrogen and oxygen atoms in total. The van der Waals surface area contributed by atoms with E-state index in [2.05, 4.69) is 28.6 Å². The first-order valence-corrected chi connectivity index (χ1v) is 8.95. The van der Waals surface area contributed by atoms with Crippen LogP contribution in [0.3, 0.4) is 0 Å². The summed E-state index contributed by atoms with van der Waals surface area (Å²) in [5, 5.41) is 4.31. The topological polar surface area (TPSA) is 35.0 Å². The zero-order valence-electron chi connectivity index (χ0n) is 12.5. The Hall–Kier alpha value is -2.24. The van der Waals surface area contributed by atoms with E-state index in [1.54, 1.807) is 29.8 Å². The summed E-state index contributed by atoms with van der Waals surface area (Å²) in [5.41, 5.74) is 3.19. The lowest BCUT2D eigenvalue weighted by molar-refractivity contribution is 0.415. The number of benzene rings is 2. The third kappa shape index (κ3) is 2.98. The molecule has 2 heterocycles. The molecule has 0 amide bonds. The monoisotopic (exact) mass is 338 g/mol. The van der Waals surface area contributed by atoms with Gasteiger partial charge in [0.15, 0.2) is 0 Å². The number of para-hydroxylation sites is 1. The van der Waals surface area contributed by atoms with E-state index in [1.165, 1.54) is 4.70 Å². The molecule has 4 aromatic rings. The number of aromatic nitrogens is 2. The molecular formula is C18H14N2OS2. The summed E-state index contributed by atoms with van der Waals surface area (Å²) < 4.78 is 6.42. The van der Waals surface area contributed by atoms with Crippen molar-refractivity contribution >= 4 is 32.9 Å². The highest BCUT2D eigenvalue weighted by molar-refractivity contribution is 7.18. The summed E-state index contributed by atoms with van der Waals surface area (Å²) in [6, 6.07) is 16.2. The van der Waals surface area contributed by atoms with Crippen LogP contribution in [0.2, 0.25) is 0 Å². The molecule has 0 saturated heterocycles. The highest BCUT2D eigenvalue weighted by Gasteiger charge is 2.09. The summed E-state index contributed by atoms with van der Waals surface area (Å²) >= 11 is 3.42. The largest absolute Gasteiger partial charge is 0.497 e. The Kier molecular flexibility index (Phi) is 3.81. The fourth-order valence-electron chi connectivity index (χ4n) is 2.41. The lowest BCUT2D eigenvalue weighted by Gasteiger charge is -2.00. The van der Waals surface area contributed by atoms with Crippen molar-refractivity contribution in [1.82, 2.24) is 9.97 Å². The average molecular weight is 338 g/mol. The van der Waals surface area contributed by atoms with E-state index in [0.717, 1.165) is 39.0 Å². The van der Waals surface area contributed by atoms with Gasteiger partial charge in [-0.15, -0.1) is 22.7 Å². The standard InChI is InChI=1S/C18H14N2OS2/c1-21-13-8-6-12(7-9-13)15-11-22-17(20-15)10-18-19-14-4-2-3-5-16(14)23-18/h2-9,11H,10H2,1H3. The number of ether oxygens (including phenoxy) is 1. The van der Waals surface area contributed by atoms with Crippen molar-refractivity contribution in [3.63, 3.8) is 0 Å². The van der Waals surface area contributed by atoms with Crippen molar-refractivity contribution in [1.29, 1.82) is 0 Å². The molecule has 0 aliphatic carbocycles. The molecule has 0 atom stereocenters. The Morgan fingerprint density at radius 2 is 1.78 bits per heavy atom. The predicted octanol–water partition coefficient (Wildman–Crippen LogP) is 5.02. The zero-order valence-corrected chi connectivity index (χ0v) is 14.2. The van der Waals surface area contributed by atoms with Crippen LogP contribution < -0.4 is 4.74 Å². The maximum atomic E-state index is 5.19. The van der Waals surface area contributed by atoms with E-state index in [-0.39, 0.29) is 0 Å². The van der Waals surface area contributed by atoms with E-state index in [4.69, 9.17) is 9.72 Å². The molecule has 0 spiro atoms. The Morgan fingerprint density at radius 3 is 2.57 bits per heavy atom. The van der Waals surface area contributed by atoms with Gasteiger partial charge in [-0.1, -0.05) is 12.1 Å². The van der Waals surface area contributed by atoms with Crippen molar-refractivity contribution < 1.29 is 4.74 Å². The molecule has 0 radical (unpaired) electrons. The molecule has 0 aliphatic heterocycles. The molecule has 114 valence electrons. The van der Waals surface area contributed by atoms with Crippen molar-refractivity contribution in [2.75, 3.05) is 7.11 Å². The molecule has 0 N–H and O–H groups in total. The van der Waals surface area contributed by atoms with E-state index in [0.29, 0.717) is 0 Å². The molecule has 4 rings (SSSR count). The number of rotatable bonds is 4. The van der Waals surface area contributed by atoms with Gasteiger partial charge in [-0.3, -0.25) is 0 Å². The molecule has 0 unspecified atom stereocenters. The molecular weight excluding hydrogens is 324 g/mol. The zero-order chi connectivity index (χ0) is 15.6. The number of fused-ring (bicyclic) bond motifs is 1. The van der Waals surface area contributed by atoms with Crippen molar-refractivity contribution in [2.24, 2.45) is 0 Å². The number of hydrogen-bond acceptors (Lipinski definition) is 5. The SMILES string of the molecule is COc1ccc(-c2csc(Cc3nc4ccccc4s3)n2)cc1. The van der Waals surface area contributed by atoms with Crippen molar-refractivity contribution in [2.45, 2.75) is 6.42 Å². The number of thiazole rings is 2. The quantitative estimate of drug-likeness (QED) is 0.524. The minimum Gasteiger partial charge on any atom is -0.497 e. The molecule has 23 heavy (non-hydrogen) atoms. The van der Waals surface area contributed by atoms with Crippen LogP contribution in [-0.4, -0.2) is 17.1 Å². The van der Waals surface area contributed by atoms with Crippen LogP contribution in [0.25, 0.3) is 21.5 Å². The predicted molar refractivity (Wildman–Crippen MR) is 96.5 cm³/mol. The first kappa shape index (κ1) is 14.4. The summed E-state index contributed by atoms with van der Waals surface area (Å²) in [7, 11) is 1.67. The van der Waals surface area contributed by atoms with E-state index >= 15 is 0 Å². The molecule has 0 fully saturated rings. The average Bonchev–Trinajstić information content (AvgIpc) is 3.21. The normalized spacial score (nSPS) is 11.0. The van der Waals surface area contributed by atoms with Gasteiger partial charge < -0.3 is 4.74 Å². The second kappa shape index (κ2) is 6.10. The fourth-order valence-corrected chi connectivity index (χ4v) is 4.28. The number of methoxy groups -OCH3 is 1. The van der Waals surface area contributed by atoms with E-state index in [9.17, 15) is 0 Å². The van der Waals surface area contributed by atoms with E-state index in [1.807, 2.05) is 30.3 Å². The van der Waals surface area contributed by atoms with Gasteiger partial charge in [0.2, 0.25) is 0 Å². The number of hydrogen-bond donors (Lipinski definition) is 0. The molecule has 0 bridgehead atoms. The highest BCUT2D eigenvalue weighted by atomic mass is 32.1. The highest BCUT2D eigenvalue weighted by Crippen LogP contribution is 2.28. The van der Waals surface area contributed by atoms with Gasteiger partial charge in [0, 0.05) is 10.9 Å². The molecule has 0 aliphatic rings. The van der Waals surface area contributed by atoms with Gasteiger partial charge in [0.05, 0.1) is 29.4 Å². The summed E-state index contributed by atoms with van der Waals surface area (Å²) in [6.07, 6.45) is 0.792. The van der Waals surface area contributed by atoms with Gasteiger partial charge in [-0.25, -0.2) is 9.97 Å². The first-order chi connectivity index (χ1) is 11.3. The minimum absolute atomic E-state index is 0.792. The van der Waals surface area contributed by atoms with Crippen LogP contribution >= 0.6 is 22.7 Å². The Balaban J connectivity index is 1.57. The lowest BCUT2D eigenvalue weighted by atomic mass is 10.2. The Morgan fingerprint density at radius 1 is 0.957 bits per heavy atom. The van der Waals surface area contributed by atoms with Gasteiger partial charge in [0.1, 0.15) is 15.8 Å². The molecule has 2 aromatic heterocycles. The third-order valence-electron chi connectivity index (χ3n) is 3.58. The first-order valence-electron chi connectivity index (χ1n) is 7.25. The second-order valence-corrected chi connectivity index (χ2v) is 7.16.